The number of hydrogen-bond donors (Lipinski definition) is 1. The van der Waals surface area contributed by atoms with E-state index in [-0.39, 0.29) is 11.7 Å². The van der Waals surface area contributed by atoms with Crippen LogP contribution in [0, 0.1) is 11.7 Å². The zero-order chi connectivity index (χ0) is 13.4. The van der Waals surface area contributed by atoms with Crippen molar-refractivity contribution in [3.05, 3.63) is 35.8 Å². The van der Waals surface area contributed by atoms with Crippen LogP contribution in [0.5, 0.6) is 0 Å². The number of halogens is 1. The van der Waals surface area contributed by atoms with E-state index in [4.69, 9.17) is 0 Å². The number of benzene rings is 1. The van der Waals surface area contributed by atoms with Crippen LogP contribution in [-0.2, 0) is 0 Å². The second kappa shape index (κ2) is 4.68. The fourth-order valence-corrected chi connectivity index (χ4v) is 2.76. The summed E-state index contributed by atoms with van der Waals surface area (Å²) in [6.07, 6.45) is 2.24. The summed E-state index contributed by atoms with van der Waals surface area (Å²) in [5.74, 6) is 0.291. The molecule has 1 aliphatic heterocycles. The molecule has 2 heterocycles. The third kappa shape index (κ3) is 2.35. The van der Waals surface area contributed by atoms with E-state index in [2.05, 4.69) is 11.9 Å². The lowest BCUT2D eigenvalue weighted by atomic mass is 10.00. The Labute approximate surface area is 111 Å². The molecule has 1 atom stereocenters. The molecule has 0 bridgehead atoms. The Balaban J connectivity index is 1.88. The van der Waals surface area contributed by atoms with Gasteiger partial charge < -0.3 is 9.88 Å². The third-order valence-corrected chi connectivity index (χ3v) is 3.76. The van der Waals surface area contributed by atoms with Gasteiger partial charge in [0.05, 0.1) is 0 Å². The number of nitrogens with zero attached hydrogens (tertiary/aromatic N) is 1. The SMILES string of the molecule is C[C@@H]1CCCN(C(=O)c2cc3cc(F)ccc3[nH]2)C1. The van der Waals surface area contributed by atoms with Crippen LogP contribution in [0.2, 0.25) is 0 Å². The van der Waals surface area contributed by atoms with E-state index in [1.807, 2.05) is 4.90 Å². The van der Waals surface area contributed by atoms with Gasteiger partial charge in [-0.3, -0.25) is 4.79 Å². The molecule has 0 unspecified atom stereocenters. The maximum Gasteiger partial charge on any atom is 0.270 e. The number of carbonyl (C=O) groups is 1. The number of nitrogens with one attached hydrogen (secondary N) is 1. The van der Waals surface area contributed by atoms with Gasteiger partial charge in [-0.05, 0) is 43.0 Å². The molecule has 3 nitrogen and oxygen atoms in total. The number of likely N-dealkylation sites (tertiary alicyclic amines) is 1. The number of aromatic amines is 1. The molecule has 0 saturated carbocycles. The molecule has 3 rings (SSSR count). The van der Waals surface area contributed by atoms with E-state index < -0.39 is 0 Å². The van der Waals surface area contributed by atoms with Gasteiger partial charge in [0.15, 0.2) is 0 Å². The van der Waals surface area contributed by atoms with Crippen LogP contribution in [0.3, 0.4) is 0 Å². The maximum atomic E-state index is 13.1. The molecule has 1 aliphatic rings. The van der Waals surface area contributed by atoms with Crippen molar-refractivity contribution >= 4 is 16.8 Å². The minimum atomic E-state index is -0.280. The van der Waals surface area contributed by atoms with Gasteiger partial charge in [0.2, 0.25) is 0 Å². The van der Waals surface area contributed by atoms with Crippen molar-refractivity contribution in [3.63, 3.8) is 0 Å². The third-order valence-electron chi connectivity index (χ3n) is 3.76. The molecule has 2 aromatic rings. The van der Waals surface area contributed by atoms with Crippen LogP contribution in [0.4, 0.5) is 4.39 Å². The molecule has 0 spiro atoms. The van der Waals surface area contributed by atoms with Gasteiger partial charge in [-0.25, -0.2) is 4.39 Å². The molecule has 19 heavy (non-hydrogen) atoms. The average molecular weight is 260 g/mol. The molecule has 0 aliphatic carbocycles. The quantitative estimate of drug-likeness (QED) is 0.840. The lowest BCUT2D eigenvalue weighted by Crippen LogP contribution is -2.39. The predicted octanol–water partition coefficient (Wildman–Crippen LogP) is 3.18. The van der Waals surface area contributed by atoms with Crippen LogP contribution in [0.25, 0.3) is 10.9 Å². The topological polar surface area (TPSA) is 36.1 Å². The largest absolute Gasteiger partial charge is 0.351 e. The van der Waals surface area contributed by atoms with E-state index >= 15 is 0 Å². The number of hydrogen-bond acceptors (Lipinski definition) is 1. The van der Waals surface area contributed by atoms with E-state index in [0.717, 1.165) is 30.4 Å². The van der Waals surface area contributed by atoms with E-state index in [1.165, 1.54) is 18.6 Å². The lowest BCUT2D eigenvalue weighted by molar-refractivity contribution is 0.0678. The molecule has 4 heteroatoms. The summed E-state index contributed by atoms with van der Waals surface area (Å²) in [7, 11) is 0. The van der Waals surface area contributed by atoms with Crippen molar-refractivity contribution in [1.29, 1.82) is 0 Å². The van der Waals surface area contributed by atoms with Crippen molar-refractivity contribution in [3.8, 4) is 0 Å². The summed E-state index contributed by atoms with van der Waals surface area (Å²) in [5.41, 5.74) is 1.35. The number of H-pyrrole nitrogens is 1. The van der Waals surface area contributed by atoms with Crippen LogP contribution in [-0.4, -0.2) is 28.9 Å². The number of aromatic nitrogens is 1. The maximum absolute atomic E-state index is 13.1. The van der Waals surface area contributed by atoms with Gasteiger partial charge in [0.25, 0.3) is 5.91 Å². The Morgan fingerprint density at radius 3 is 3.05 bits per heavy atom. The van der Waals surface area contributed by atoms with Crippen molar-refractivity contribution in [2.45, 2.75) is 19.8 Å². The van der Waals surface area contributed by atoms with Gasteiger partial charge >= 0.3 is 0 Å². The minimum Gasteiger partial charge on any atom is -0.351 e. The Hall–Kier alpha value is -1.84. The summed E-state index contributed by atoms with van der Waals surface area (Å²) in [6.45, 7) is 3.79. The summed E-state index contributed by atoms with van der Waals surface area (Å²) in [6, 6.07) is 6.25. The molecule has 1 amide bonds. The molecular formula is C15H17FN2O. The predicted molar refractivity (Wildman–Crippen MR) is 72.6 cm³/mol. The van der Waals surface area contributed by atoms with Crippen molar-refractivity contribution in [2.75, 3.05) is 13.1 Å². The summed E-state index contributed by atoms with van der Waals surface area (Å²) >= 11 is 0. The van der Waals surface area contributed by atoms with Gasteiger partial charge in [0.1, 0.15) is 11.5 Å². The van der Waals surface area contributed by atoms with Crippen molar-refractivity contribution in [2.24, 2.45) is 5.92 Å². The first-order valence-electron chi connectivity index (χ1n) is 6.71. The highest BCUT2D eigenvalue weighted by Crippen LogP contribution is 2.21. The molecule has 1 aromatic carbocycles. The van der Waals surface area contributed by atoms with Gasteiger partial charge in [-0.2, -0.15) is 0 Å². The van der Waals surface area contributed by atoms with Crippen LogP contribution >= 0.6 is 0 Å². The lowest BCUT2D eigenvalue weighted by Gasteiger charge is -2.30. The first-order chi connectivity index (χ1) is 9.13. The van der Waals surface area contributed by atoms with Gasteiger partial charge in [-0.1, -0.05) is 6.92 Å². The first-order valence-corrected chi connectivity index (χ1v) is 6.71. The fourth-order valence-electron chi connectivity index (χ4n) is 2.76. The number of carbonyl (C=O) groups excluding carboxylic acids is 1. The highest BCUT2D eigenvalue weighted by atomic mass is 19.1. The summed E-state index contributed by atoms with van der Waals surface area (Å²) in [4.78, 5) is 17.4. The second-order valence-corrected chi connectivity index (χ2v) is 5.41. The average Bonchev–Trinajstić information content (AvgIpc) is 2.80. The van der Waals surface area contributed by atoms with Gasteiger partial charge in [-0.15, -0.1) is 0 Å². The Morgan fingerprint density at radius 2 is 2.26 bits per heavy atom. The smallest absolute Gasteiger partial charge is 0.270 e. The Kier molecular flexibility index (Phi) is 3.01. The highest BCUT2D eigenvalue weighted by Gasteiger charge is 2.23. The van der Waals surface area contributed by atoms with Gasteiger partial charge in [0, 0.05) is 24.0 Å². The summed E-state index contributed by atoms with van der Waals surface area (Å²) in [5, 5.41) is 0.744. The standard InChI is InChI=1S/C15H17FN2O/c1-10-3-2-6-18(9-10)15(19)14-8-11-7-12(16)4-5-13(11)17-14/h4-5,7-8,10,17H,2-3,6,9H2,1H3/t10-/m1/s1. The molecule has 100 valence electrons. The van der Waals surface area contributed by atoms with Crippen LogP contribution in [0.15, 0.2) is 24.3 Å². The van der Waals surface area contributed by atoms with Crippen molar-refractivity contribution in [1.82, 2.24) is 9.88 Å². The second-order valence-electron chi connectivity index (χ2n) is 5.41. The highest BCUT2D eigenvalue weighted by molar-refractivity contribution is 5.98. The molecule has 1 saturated heterocycles. The summed E-state index contributed by atoms with van der Waals surface area (Å²) < 4.78 is 13.1. The molecular weight excluding hydrogens is 243 g/mol. The van der Waals surface area contributed by atoms with E-state index in [0.29, 0.717) is 11.6 Å². The molecule has 0 radical (unpaired) electrons. The zero-order valence-electron chi connectivity index (χ0n) is 10.9. The first kappa shape index (κ1) is 12.2. The molecule has 1 aromatic heterocycles. The number of rotatable bonds is 1. The number of piperidine rings is 1. The van der Waals surface area contributed by atoms with Crippen LogP contribution in [0.1, 0.15) is 30.3 Å². The number of amides is 1. The minimum absolute atomic E-state index is 0.0168. The Morgan fingerprint density at radius 1 is 1.42 bits per heavy atom. The normalized spacial score (nSPS) is 19.9. The van der Waals surface area contributed by atoms with Crippen molar-refractivity contribution < 1.29 is 9.18 Å². The van der Waals surface area contributed by atoms with E-state index in [1.54, 1.807) is 12.1 Å². The molecule has 1 N–H and O–H groups in total. The number of fused-ring (bicyclic) bond motifs is 1. The fraction of sp³-hybridized carbons (Fsp3) is 0.400. The Bertz CT molecular complexity index is 620. The monoisotopic (exact) mass is 260 g/mol. The van der Waals surface area contributed by atoms with Crippen LogP contribution < -0.4 is 0 Å². The zero-order valence-corrected chi connectivity index (χ0v) is 10.9. The molecule has 1 fully saturated rings. The van der Waals surface area contributed by atoms with E-state index in [9.17, 15) is 9.18 Å².